The van der Waals surface area contributed by atoms with Crippen LogP contribution in [0.5, 0.6) is 0 Å². The number of ketones is 1. The average molecular weight is 373 g/mol. The number of aromatic nitrogens is 1. The van der Waals surface area contributed by atoms with Gasteiger partial charge in [0.25, 0.3) is 0 Å². The zero-order chi connectivity index (χ0) is 13.9. The van der Waals surface area contributed by atoms with E-state index < -0.39 is 0 Å². The number of Topliss-reactive ketones (excluding diaryl/α,β-unsaturated/α-hetero) is 1. The van der Waals surface area contributed by atoms with Gasteiger partial charge in [-0.15, -0.1) is 0 Å². The number of nitrogens with zero attached hydrogens (tertiary/aromatic N) is 1. The van der Waals surface area contributed by atoms with E-state index in [1.807, 2.05) is 60.7 Å². The molecule has 1 aromatic heterocycles. The number of carbonyl (C=O) groups excluding carboxylic acids is 1. The molecule has 0 aliphatic carbocycles. The molecule has 0 fully saturated rings. The molecule has 1 heterocycles. The Morgan fingerprint density at radius 2 is 1.70 bits per heavy atom. The maximum absolute atomic E-state index is 12.3. The molecule has 0 bridgehead atoms. The number of carbonyl (C=O) groups is 1. The molecule has 2 nitrogen and oxygen atoms in total. The van der Waals surface area contributed by atoms with Gasteiger partial charge < -0.3 is 0 Å². The summed E-state index contributed by atoms with van der Waals surface area (Å²) in [5.74, 6) is 0.109. The van der Waals surface area contributed by atoms with Crippen molar-refractivity contribution in [3.05, 3.63) is 75.5 Å². The number of hydrogen-bond acceptors (Lipinski definition) is 2. The molecule has 0 spiro atoms. The molecule has 0 atom stereocenters. The summed E-state index contributed by atoms with van der Waals surface area (Å²) in [7, 11) is 0. The third-order valence-corrected chi connectivity index (χ3v) is 4.11. The SMILES string of the molecule is O=C(Cc1ccc2ccccc2n1)c1ccccc1I. The molecule has 0 aliphatic heterocycles. The Morgan fingerprint density at radius 1 is 0.950 bits per heavy atom. The fourth-order valence-corrected chi connectivity index (χ4v) is 2.84. The minimum atomic E-state index is 0.109. The minimum Gasteiger partial charge on any atom is -0.294 e. The van der Waals surface area contributed by atoms with Crippen molar-refractivity contribution in [1.29, 1.82) is 0 Å². The van der Waals surface area contributed by atoms with Crippen molar-refractivity contribution >= 4 is 39.3 Å². The standard InChI is InChI=1S/C17H12INO/c18-15-7-3-2-6-14(15)17(20)11-13-10-9-12-5-1-4-8-16(12)19-13/h1-10H,11H2. The predicted molar refractivity (Wildman–Crippen MR) is 88.9 cm³/mol. The van der Waals surface area contributed by atoms with Crippen LogP contribution in [-0.2, 0) is 6.42 Å². The van der Waals surface area contributed by atoms with Gasteiger partial charge in [0.2, 0.25) is 0 Å². The molecular formula is C17H12INO. The lowest BCUT2D eigenvalue weighted by Gasteiger charge is -2.04. The first-order valence-corrected chi connectivity index (χ1v) is 7.44. The first kappa shape index (κ1) is 13.2. The van der Waals surface area contributed by atoms with Crippen molar-refractivity contribution in [1.82, 2.24) is 4.98 Å². The molecule has 98 valence electrons. The van der Waals surface area contributed by atoms with Crippen LogP contribution in [0.3, 0.4) is 0 Å². The van der Waals surface area contributed by atoms with E-state index in [0.29, 0.717) is 6.42 Å². The predicted octanol–water partition coefficient (Wildman–Crippen LogP) is 4.26. The van der Waals surface area contributed by atoms with Crippen molar-refractivity contribution in [3.8, 4) is 0 Å². The molecule has 2 aromatic carbocycles. The van der Waals surface area contributed by atoms with E-state index in [1.54, 1.807) is 0 Å². The van der Waals surface area contributed by atoms with E-state index in [9.17, 15) is 4.79 Å². The monoisotopic (exact) mass is 373 g/mol. The average Bonchev–Trinajstić information content (AvgIpc) is 2.47. The number of fused-ring (bicyclic) bond motifs is 1. The van der Waals surface area contributed by atoms with Crippen molar-refractivity contribution in [3.63, 3.8) is 0 Å². The second-order valence-corrected chi connectivity index (χ2v) is 5.74. The van der Waals surface area contributed by atoms with Crippen LogP contribution in [0.15, 0.2) is 60.7 Å². The Bertz CT molecular complexity index is 783. The van der Waals surface area contributed by atoms with Gasteiger partial charge in [0, 0.05) is 20.2 Å². The third-order valence-electron chi connectivity index (χ3n) is 3.17. The van der Waals surface area contributed by atoms with Crippen LogP contribution in [0.1, 0.15) is 16.1 Å². The summed E-state index contributed by atoms with van der Waals surface area (Å²) in [6.45, 7) is 0. The fraction of sp³-hybridized carbons (Fsp3) is 0.0588. The smallest absolute Gasteiger partial charge is 0.169 e. The van der Waals surface area contributed by atoms with Crippen LogP contribution in [0, 0.1) is 3.57 Å². The van der Waals surface area contributed by atoms with Crippen molar-refractivity contribution in [2.75, 3.05) is 0 Å². The molecule has 3 aromatic rings. The Hall–Kier alpha value is -1.75. The lowest BCUT2D eigenvalue weighted by atomic mass is 10.1. The highest BCUT2D eigenvalue weighted by Gasteiger charge is 2.11. The molecule has 0 saturated carbocycles. The van der Waals surface area contributed by atoms with E-state index in [1.165, 1.54) is 0 Å². The largest absolute Gasteiger partial charge is 0.294 e. The van der Waals surface area contributed by atoms with Gasteiger partial charge in [-0.25, -0.2) is 0 Å². The number of benzene rings is 2. The Kier molecular flexibility index (Phi) is 3.78. The highest BCUT2D eigenvalue weighted by molar-refractivity contribution is 14.1. The summed E-state index contributed by atoms with van der Waals surface area (Å²) in [6, 6.07) is 19.5. The third kappa shape index (κ3) is 2.72. The summed E-state index contributed by atoms with van der Waals surface area (Å²) in [5.41, 5.74) is 2.51. The Balaban J connectivity index is 1.89. The molecule has 20 heavy (non-hydrogen) atoms. The van der Waals surface area contributed by atoms with Gasteiger partial charge in [-0.05, 0) is 40.8 Å². The number of rotatable bonds is 3. The molecule has 0 aliphatic rings. The van der Waals surface area contributed by atoms with Gasteiger partial charge in [-0.1, -0.05) is 42.5 Å². The van der Waals surface area contributed by atoms with E-state index in [0.717, 1.165) is 25.7 Å². The molecule has 0 amide bonds. The number of para-hydroxylation sites is 1. The quantitative estimate of drug-likeness (QED) is 0.507. The fourth-order valence-electron chi connectivity index (χ4n) is 2.15. The summed E-state index contributed by atoms with van der Waals surface area (Å²) < 4.78 is 0.982. The summed E-state index contributed by atoms with van der Waals surface area (Å²) in [5, 5.41) is 1.10. The normalized spacial score (nSPS) is 10.7. The van der Waals surface area contributed by atoms with Gasteiger partial charge in [-0.2, -0.15) is 0 Å². The zero-order valence-corrected chi connectivity index (χ0v) is 12.9. The molecule has 0 saturated heterocycles. The summed E-state index contributed by atoms with van der Waals surface area (Å²) in [4.78, 5) is 16.9. The Labute approximate surface area is 131 Å². The van der Waals surface area contributed by atoms with Gasteiger partial charge >= 0.3 is 0 Å². The highest BCUT2D eigenvalue weighted by Crippen LogP contribution is 2.16. The van der Waals surface area contributed by atoms with Crippen LogP contribution in [0.25, 0.3) is 10.9 Å². The second kappa shape index (κ2) is 5.71. The lowest BCUT2D eigenvalue weighted by molar-refractivity contribution is 0.0991. The lowest BCUT2D eigenvalue weighted by Crippen LogP contribution is -2.06. The first-order valence-electron chi connectivity index (χ1n) is 6.36. The van der Waals surface area contributed by atoms with Gasteiger partial charge in [-0.3, -0.25) is 9.78 Å². The van der Waals surface area contributed by atoms with E-state index in [2.05, 4.69) is 27.6 Å². The first-order chi connectivity index (χ1) is 9.74. The van der Waals surface area contributed by atoms with Gasteiger partial charge in [0.1, 0.15) is 0 Å². The zero-order valence-electron chi connectivity index (χ0n) is 10.7. The van der Waals surface area contributed by atoms with Crippen LogP contribution >= 0.6 is 22.6 Å². The summed E-state index contributed by atoms with van der Waals surface area (Å²) in [6.07, 6.45) is 0.338. The van der Waals surface area contributed by atoms with E-state index in [-0.39, 0.29) is 5.78 Å². The van der Waals surface area contributed by atoms with Crippen LogP contribution in [0.2, 0.25) is 0 Å². The number of pyridine rings is 1. The Morgan fingerprint density at radius 3 is 2.55 bits per heavy atom. The maximum atomic E-state index is 12.3. The van der Waals surface area contributed by atoms with Crippen molar-refractivity contribution in [2.45, 2.75) is 6.42 Å². The molecule has 3 heteroatoms. The van der Waals surface area contributed by atoms with Gasteiger partial charge in [0.15, 0.2) is 5.78 Å². The summed E-state index contributed by atoms with van der Waals surface area (Å²) >= 11 is 2.19. The van der Waals surface area contributed by atoms with E-state index in [4.69, 9.17) is 0 Å². The highest BCUT2D eigenvalue weighted by atomic mass is 127. The molecule has 0 N–H and O–H groups in total. The number of hydrogen-bond donors (Lipinski definition) is 0. The van der Waals surface area contributed by atoms with Crippen LogP contribution in [0.4, 0.5) is 0 Å². The van der Waals surface area contributed by atoms with Gasteiger partial charge in [0.05, 0.1) is 11.9 Å². The molecule has 0 unspecified atom stereocenters. The van der Waals surface area contributed by atoms with E-state index >= 15 is 0 Å². The maximum Gasteiger partial charge on any atom is 0.169 e. The molecule has 0 radical (unpaired) electrons. The van der Waals surface area contributed by atoms with Crippen LogP contribution < -0.4 is 0 Å². The minimum absolute atomic E-state index is 0.109. The van der Waals surface area contributed by atoms with Crippen LogP contribution in [-0.4, -0.2) is 10.8 Å². The van der Waals surface area contributed by atoms with Crippen molar-refractivity contribution in [2.24, 2.45) is 0 Å². The molecule has 3 rings (SSSR count). The topological polar surface area (TPSA) is 30.0 Å². The second-order valence-electron chi connectivity index (χ2n) is 4.58. The van der Waals surface area contributed by atoms with Crippen molar-refractivity contribution < 1.29 is 4.79 Å². The molecular weight excluding hydrogens is 361 g/mol. The number of halogens is 1.